The van der Waals surface area contributed by atoms with Gasteiger partial charge in [-0.15, -0.1) is 24.0 Å². The highest BCUT2D eigenvalue weighted by Crippen LogP contribution is 2.25. The summed E-state index contributed by atoms with van der Waals surface area (Å²) in [6.07, 6.45) is 1.04. The molecule has 1 fully saturated rings. The molecule has 0 amide bonds. The van der Waals surface area contributed by atoms with Crippen molar-refractivity contribution in [2.24, 2.45) is 10.7 Å². The fraction of sp³-hybridized carbons (Fsp3) is 0.500. The highest BCUT2D eigenvalue weighted by molar-refractivity contribution is 14.0. The van der Waals surface area contributed by atoms with Crippen LogP contribution in [-0.4, -0.2) is 50.3 Å². The van der Waals surface area contributed by atoms with Crippen LogP contribution in [0.3, 0.4) is 0 Å². The number of ether oxygens (including phenoxy) is 1. The van der Waals surface area contributed by atoms with E-state index >= 15 is 0 Å². The molecule has 1 aromatic carbocycles. The first-order valence-corrected chi connectivity index (χ1v) is 8.55. The Balaban J connectivity index is 0.00000225. The van der Waals surface area contributed by atoms with Crippen molar-refractivity contribution in [2.75, 3.05) is 39.4 Å². The summed E-state index contributed by atoms with van der Waals surface area (Å²) in [6.45, 7) is 8.13. The van der Waals surface area contributed by atoms with Crippen LogP contribution in [0.15, 0.2) is 33.7 Å². The molecule has 2 heterocycles. The van der Waals surface area contributed by atoms with E-state index in [1.807, 2.05) is 18.2 Å². The van der Waals surface area contributed by atoms with Crippen molar-refractivity contribution in [1.82, 2.24) is 10.2 Å². The van der Waals surface area contributed by atoms with Gasteiger partial charge < -0.3 is 20.2 Å². The molecule has 2 aromatic rings. The largest absolute Gasteiger partial charge is 0.459 e. The highest BCUT2D eigenvalue weighted by atomic mass is 127. The highest BCUT2D eigenvalue weighted by Gasteiger charge is 2.10. The van der Waals surface area contributed by atoms with Crippen molar-refractivity contribution in [3.8, 4) is 0 Å². The van der Waals surface area contributed by atoms with Crippen LogP contribution in [0.2, 0.25) is 0 Å². The quantitative estimate of drug-likeness (QED) is 0.301. The van der Waals surface area contributed by atoms with Gasteiger partial charge in [-0.2, -0.15) is 0 Å². The Morgan fingerprint density at radius 1 is 1.28 bits per heavy atom. The van der Waals surface area contributed by atoms with Crippen molar-refractivity contribution in [3.05, 3.63) is 35.6 Å². The smallest absolute Gasteiger partial charge is 0.189 e. The Bertz CT molecular complexity index is 695. The van der Waals surface area contributed by atoms with Crippen molar-refractivity contribution >= 4 is 40.9 Å². The van der Waals surface area contributed by atoms with E-state index in [9.17, 15) is 0 Å². The van der Waals surface area contributed by atoms with Crippen molar-refractivity contribution in [2.45, 2.75) is 19.9 Å². The molecule has 0 bridgehead atoms. The second kappa shape index (κ2) is 9.98. The van der Waals surface area contributed by atoms with E-state index in [0.29, 0.717) is 12.5 Å². The zero-order valence-corrected chi connectivity index (χ0v) is 17.0. The van der Waals surface area contributed by atoms with Gasteiger partial charge in [0.15, 0.2) is 5.96 Å². The monoisotopic (exact) mass is 458 g/mol. The topological polar surface area (TPSA) is 76.0 Å². The van der Waals surface area contributed by atoms with E-state index in [2.05, 4.69) is 28.2 Å². The molecule has 3 rings (SSSR count). The molecule has 6 nitrogen and oxygen atoms in total. The predicted octanol–water partition coefficient (Wildman–Crippen LogP) is 2.49. The number of fused-ring (bicyclic) bond motifs is 1. The second-order valence-electron chi connectivity index (χ2n) is 6.08. The molecule has 0 aliphatic carbocycles. The fourth-order valence-corrected chi connectivity index (χ4v) is 2.93. The van der Waals surface area contributed by atoms with Gasteiger partial charge in [0.2, 0.25) is 0 Å². The molecule has 1 aliphatic rings. The molecule has 25 heavy (non-hydrogen) atoms. The van der Waals surface area contributed by atoms with Crippen LogP contribution in [0.4, 0.5) is 0 Å². The predicted molar refractivity (Wildman–Crippen MR) is 112 cm³/mol. The normalized spacial score (nSPS) is 16.0. The maximum absolute atomic E-state index is 5.95. The Kier molecular flexibility index (Phi) is 7.98. The lowest BCUT2D eigenvalue weighted by Crippen LogP contribution is -2.39. The van der Waals surface area contributed by atoms with Gasteiger partial charge in [0.1, 0.15) is 17.9 Å². The summed E-state index contributed by atoms with van der Waals surface area (Å²) < 4.78 is 11.2. The number of aryl methyl sites for hydroxylation is 1. The number of nitrogens with one attached hydrogen (secondary N) is 1. The van der Waals surface area contributed by atoms with Gasteiger partial charge in [0.05, 0.1) is 13.2 Å². The third kappa shape index (κ3) is 5.58. The van der Waals surface area contributed by atoms with Crippen LogP contribution in [0.1, 0.15) is 17.7 Å². The Morgan fingerprint density at radius 3 is 2.80 bits per heavy atom. The van der Waals surface area contributed by atoms with E-state index in [1.165, 1.54) is 0 Å². The molecule has 3 N–H and O–H groups in total. The summed E-state index contributed by atoms with van der Waals surface area (Å²) in [5.41, 5.74) is 7.98. The Hall–Kier alpha value is -1.32. The Morgan fingerprint density at radius 2 is 2.04 bits per heavy atom. The van der Waals surface area contributed by atoms with Crippen LogP contribution < -0.4 is 11.1 Å². The summed E-state index contributed by atoms with van der Waals surface area (Å²) in [6, 6.07) is 8.03. The lowest BCUT2D eigenvalue weighted by atomic mass is 10.1. The SMILES string of the molecule is Cc1c(CN=C(N)NCCCN2CCOCC2)oc2ccccc12.I. The first-order chi connectivity index (χ1) is 11.7. The van der Waals surface area contributed by atoms with Gasteiger partial charge in [-0.05, 0) is 26.0 Å². The van der Waals surface area contributed by atoms with Gasteiger partial charge in [-0.25, -0.2) is 4.99 Å². The molecule has 1 aliphatic heterocycles. The van der Waals surface area contributed by atoms with Crippen molar-refractivity contribution in [3.63, 3.8) is 0 Å². The van der Waals surface area contributed by atoms with E-state index < -0.39 is 0 Å². The summed E-state index contributed by atoms with van der Waals surface area (Å²) in [7, 11) is 0. The maximum atomic E-state index is 5.95. The molecule has 7 heteroatoms. The summed E-state index contributed by atoms with van der Waals surface area (Å²) in [5, 5.41) is 4.31. The number of morpholine rings is 1. The molecule has 1 aromatic heterocycles. The lowest BCUT2D eigenvalue weighted by Gasteiger charge is -2.26. The average molecular weight is 458 g/mol. The van der Waals surface area contributed by atoms with E-state index in [-0.39, 0.29) is 24.0 Å². The molecule has 138 valence electrons. The Labute approximate surface area is 165 Å². The average Bonchev–Trinajstić information content (AvgIpc) is 2.94. The van der Waals surface area contributed by atoms with Crippen molar-refractivity contribution in [1.29, 1.82) is 0 Å². The lowest BCUT2D eigenvalue weighted by molar-refractivity contribution is 0.0376. The molecule has 0 atom stereocenters. The first kappa shape index (κ1) is 20.0. The second-order valence-corrected chi connectivity index (χ2v) is 6.08. The third-order valence-corrected chi connectivity index (χ3v) is 4.40. The number of nitrogens with zero attached hydrogens (tertiary/aromatic N) is 2. The summed E-state index contributed by atoms with van der Waals surface area (Å²) in [4.78, 5) is 6.80. The molecule has 0 saturated carbocycles. The number of para-hydroxylation sites is 1. The van der Waals surface area contributed by atoms with Crippen LogP contribution >= 0.6 is 24.0 Å². The van der Waals surface area contributed by atoms with Crippen LogP contribution in [0, 0.1) is 6.92 Å². The number of benzene rings is 1. The third-order valence-electron chi connectivity index (χ3n) is 4.40. The number of hydrogen-bond acceptors (Lipinski definition) is 4. The zero-order chi connectivity index (χ0) is 16.8. The van der Waals surface area contributed by atoms with Crippen LogP contribution in [-0.2, 0) is 11.3 Å². The van der Waals surface area contributed by atoms with Crippen LogP contribution in [0.5, 0.6) is 0 Å². The van der Waals surface area contributed by atoms with Crippen LogP contribution in [0.25, 0.3) is 11.0 Å². The van der Waals surface area contributed by atoms with Gasteiger partial charge >= 0.3 is 0 Å². The van der Waals surface area contributed by atoms with E-state index in [1.54, 1.807) is 0 Å². The molecular weight excluding hydrogens is 431 g/mol. The van der Waals surface area contributed by atoms with Crippen molar-refractivity contribution < 1.29 is 9.15 Å². The molecular formula is C18H27IN4O2. The minimum Gasteiger partial charge on any atom is -0.459 e. The zero-order valence-electron chi connectivity index (χ0n) is 14.7. The fourth-order valence-electron chi connectivity index (χ4n) is 2.93. The number of hydrogen-bond donors (Lipinski definition) is 2. The van der Waals surface area contributed by atoms with E-state index in [0.717, 1.165) is 68.1 Å². The number of halogens is 1. The minimum atomic E-state index is 0. The maximum Gasteiger partial charge on any atom is 0.189 e. The summed E-state index contributed by atoms with van der Waals surface area (Å²) >= 11 is 0. The summed E-state index contributed by atoms with van der Waals surface area (Å²) in [5.74, 6) is 1.34. The van der Waals surface area contributed by atoms with Gasteiger partial charge in [0, 0.05) is 30.6 Å². The van der Waals surface area contributed by atoms with Gasteiger partial charge in [-0.3, -0.25) is 4.90 Å². The number of aliphatic imine (C=N–C) groups is 1. The number of furan rings is 1. The molecule has 0 unspecified atom stereocenters. The molecule has 0 spiro atoms. The number of nitrogens with two attached hydrogens (primary N) is 1. The molecule has 1 saturated heterocycles. The number of guanidine groups is 1. The van der Waals surface area contributed by atoms with Gasteiger partial charge in [-0.1, -0.05) is 18.2 Å². The number of rotatable bonds is 6. The first-order valence-electron chi connectivity index (χ1n) is 8.55. The van der Waals surface area contributed by atoms with E-state index in [4.69, 9.17) is 14.9 Å². The standard InChI is InChI=1S/C18H26N4O2.HI/c1-14-15-5-2-3-6-16(15)24-17(14)13-21-18(19)20-7-4-8-22-9-11-23-12-10-22;/h2-3,5-6H,4,7-13H2,1H3,(H3,19,20,21);1H. The minimum absolute atomic E-state index is 0. The molecule has 0 radical (unpaired) electrons. The van der Waals surface area contributed by atoms with Gasteiger partial charge in [0.25, 0.3) is 0 Å².